The molecule has 3 heteroatoms. The van der Waals surface area contributed by atoms with Crippen molar-refractivity contribution in [2.24, 2.45) is 5.73 Å². The van der Waals surface area contributed by atoms with Gasteiger partial charge in [0.05, 0.1) is 11.6 Å². The first kappa shape index (κ1) is 10.6. The molecule has 2 rings (SSSR count). The van der Waals surface area contributed by atoms with Crippen molar-refractivity contribution in [3.63, 3.8) is 0 Å². The smallest absolute Gasteiger partial charge is 0.123 e. The third kappa shape index (κ3) is 2.03. The van der Waals surface area contributed by atoms with Crippen molar-refractivity contribution >= 4 is 0 Å². The average Bonchev–Trinajstić information content (AvgIpc) is 2.67. The Morgan fingerprint density at radius 1 is 1.20 bits per heavy atom. The van der Waals surface area contributed by atoms with Crippen LogP contribution in [0.5, 0.6) is 0 Å². The van der Waals surface area contributed by atoms with Crippen LogP contribution in [-0.4, -0.2) is 10.7 Å². The molecule has 82 valence electrons. The third-order valence-corrected chi connectivity index (χ3v) is 3.28. The van der Waals surface area contributed by atoms with Gasteiger partial charge in [-0.25, -0.2) is 4.39 Å². The Balaban J connectivity index is 2.19. The largest absolute Gasteiger partial charge is 0.388 e. The highest BCUT2D eigenvalue weighted by molar-refractivity contribution is 5.23. The van der Waals surface area contributed by atoms with Crippen molar-refractivity contribution in [1.82, 2.24) is 0 Å². The average molecular weight is 209 g/mol. The minimum atomic E-state index is -0.794. The van der Waals surface area contributed by atoms with Crippen LogP contribution < -0.4 is 5.73 Å². The third-order valence-electron chi connectivity index (χ3n) is 3.28. The zero-order chi connectivity index (χ0) is 10.9. The zero-order valence-corrected chi connectivity index (χ0v) is 8.62. The molecular formula is C12H16FNO. The Bertz CT molecular complexity index is 330. The molecule has 1 aliphatic rings. The van der Waals surface area contributed by atoms with Gasteiger partial charge in [-0.3, -0.25) is 0 Å². The van der Waals surface area contributed by atoms with E-state index in [1.807, 2.05) is 0 Å². The molecular weight excluding hydrogens is 193 g/mol. The molecule has 0 saturated heterocycles. The van der Waals surface area contributed by atoms with Crippen LogP contribution in [0.3, 0.4) is 0 Å². The molecule has 15 heavy (non-hydrogen) atoms. The fourth-order valence-corrected chi connectivity index (χ4v) is 2.28. The molecule has 1 fully saturated rings. The lowest BCUT2D eigenvalue weighted by Crippen LogP contribution is -2.38. The highest BCUT2D eigenvalue weighted by atomic mass is 19.1. The van der Waals surface area contributed by atoms with Crippen LogP contribution in [0.1, 0.15) is 37.3 Å². The quantitative estimate of drug-likeness (QED) is 0.783. The maximum absolute atomic E-state index is 12.7. The van der Waals surface area contributed by atoms with Gasteiger partial charge in [-0.05, 0) is 30.5 Å². The standard InChI is InChI=1S/C12H16FNO/c13-10-5-3-9(4-6-10)11(14)12(15)7-1-2-8-12/h3-6,11,15H,1-2,7-8,14H2. The van der Waals surface area contributed by atoms with Gasteiger partial charge >= 0.3 is 0 Å². The van der Waals surface area contributed by atoms with E-state index >= 15 is 0 Å². The molecule has 0 bridgehead atoms. The van der Waals surface area contributed by atoms with E-state index < -0.39 is 11.6 Å². The first-order valence-electron chi connectivity index (χ1n) is 5.35. The molecule has 0 aliphatic heterocycles. The molecule has 1 saturated carbocycles. The zero-order valence-electron chi connectivity index (χ0n) is 8.62. The second kappa shape index (κ2) is 3.91. The van der Waals surface area contributed by atoms with Gasteiger partial charge in [-0.15, -0.1) is 0 Å². The van der Waals surface area contributed by atoms with E-state index in [0.29, 0.717) is 0 Å². The van der Waals surface area contributed by atoms with Crippen LogP contribution in [-0.2, 0) is 0 Å². The lowest BCUT2D eigenvalue weighted by atomic mass is 9.88. The highest BCUT2D eigenvalue weighted by Gasteiger charge is 2.37. The molecule has 2 nitrogen and oxygen atoms in total. The van der Waals surface area contributed by atoms with Crippen LogP contribution in [0.2, 0.25) is 0 Å². The SMILES string of the molecule is NC(c1ccc(F)cc1)C1(O)CCCC1. The summed E-state index contributed by atoms with van der Waals surface area (Å²) < 4.78 is 12.7. The van der Waals surface area contributed by atoms with Gasteiger partial charge in [0.15, 0.2) is 0 Å². The lowest BCUT2D eigenvalue weighted by molar-refractivity contribution is 0.0203. The summed E-state index contributed by atoms with van der Waals surface area (Å²) in [6, 6.07) is 5.66. The van der Waals surface area contributed by atoms with Crippen molar-refractivity contribution in [1.29, 1.82) is 0 Å². The normalized spacial score (nSPS) is 21.5. The maximum atomic E-state index is 12.7. The van der Waals surface area contributed by atoms with Crippen LogP contribution in [0.15, 0.2) is 24.3 Å². The number of hydrogen-bond donors (Lipinski definition) is 2. The molecule has 3 N–H and O–H groups in total. The van der Waals surface area contributed by atoms with Gasteiger partial charge in [0, 0.05) is 0 Å². The summed E-state index contributed by atoms with van der Waals surface area (Å²) in [7, 11) is 0. The summed E-state index contributed by atoms with van der Waals surface area (Å²) in [6.45, 7) is 0. The number of halogens is 1. The van der Waals surface area contributed by atoms with E-state index in [1.54, 1.807) is 12.1 Å². The van der Waals surface area contributed by atoms with E-state index in [-0.39, 0.29) is 5.82 Å². The summed E-state index contributed by atoms with van der Waals surface area (Å²) in [4.78, 5) is 0. The highest BCUT2D eigenvalue weighted by Crippen LogP contribution is 2.38. The molecule has 0 aromatic heterocycles. The monoisotopic (exact) mass is 209 g/mol. The Labute approximate surface area is 88.9 Å². The second-order valence-corrected chi connectivity index (χ2v) is 4.34. The summed E-state index contributed by atoms with van der Waals surface area (Å²) in [5, 5.41) is 10.3. The van der Waals surface area contributed by atoms with E-state index in [4.69, 9.17) is 5.73 Å². The van der Waals surface area contributed by atoms with Crippen LogP contribution in [0, 0.1) is 5.82 Å². The van der Waals surface area contributed by atoms with Crippen LogP contribution in [0.4, 0.5) is 4.39 Å². The molecule has 1 aromatic carbocycles. The predicted molar refractivity (Wildman–Crippen MR) is 56.7 cm³/mol. The number of hydrogen-bond acceptors (Lipinski definition) is 2. The molecule has 0 radical (unpaired) electrons. The summed E-state index contributed by atoms with van der Waals surface area (Å²) >= 11 is 0. The van der Waals surface area contributed by atoms with Gasteiger partial charge in [0.1, 0.15) is 5.82 Å². The Morgan fingerprint density at radius 2 is 1.73 bits per heavy atom. The molecule has 0 spiro atoms. The summed E-state index contributed by atoms with van der Waals surface area (Å²) in [6.07, 6.45) is 3.52. The van der Waals surface area contributed by atoms with Crippen LogP contribution in [0.25, 0.3) is 0 Å². The molecule has 1 unspecified atom stereocenters. The number of rotatable bonds is 2. The fraction of sp³-hybridized carbons (Fsp3) is 0.500. The number of aliphatic hydroxyl groups is 1. The van der Waals surface area contributed by atoms with Crippen molar-refractivity contribution in [2.75, 3.05) is 0 Å². The van der Waals surface area contributed by atoms with Gasteiger partial charge in [0.2, 0.25) is 0 Å². The maximum Gasteiger partial charge on any atom is 0.123 e. The van der Waals surface area contributed by atoms with Gasteiger partial charge in [0.25, 0.3) is 0 Å². The van der Waals surface area contributed by atoms with E-state index in [2.05, 4.69) is 0 Å². The van der Waals surface area contributed by atoms with Gasteiger partial charge < -0.3 is 10.8 Å². The minimum Gasteiger partial charge on any atom is -0.388 e. The van der Waals surface area contributed by atoms with Crippen molar-refractivity contribution in [3.8, 4) is 0 Å². The van der Waals surface area contributed by atoms with Gasteiger partial charge in [-0.1, -0.05) is 25.0 Å². The van der Waals surface area contributed by atoms with E-state index in [0.717, 1.165) is 31.2 Å². The van der Waals surface area contributed by atoms with E-state index in [1.165, 1.54) is 12.1 Å². The van der Waals surface area contributed by atoms with Gasteiger partial charge in [-0.2, -0.15) is 0 Å². The molecule has 0 amide bonds. The van der Waals surface area contributed by atoms with E-state index in [9.17, 15) is 9.50 Å². The molecule has 1 aliphatic carbocycles. The lowest BCUT2D eigenvalue weighted by Gasteiger charge is -2.29. The molecule has 1 atom stereocenters. The number of nitrogens with two attached hydrogens (primary N) is 1. The minimum absolute atomic E-state index is 0.274. The Kier molecular flexibility index (Phi) is 2.76. The fourth-order valence-electron chi connectivity index (χ4n) is 2.28. The van der Waals surface area contributed by atoms with Crippen molar-refractivity contribution in [2.45, 2.75) is 37.3 Å². The molecule has 1 aromatic rings. The first-order valence-corrected chi connectivity index (χ1v) is 5.35. The first-order chi connectivity index (χ1) is 7.12. The summed E-state index contributed by atoms with van der Waals surface area (Å²) in [5.74, 6) is -0.274. The predicted octanol–water partition coefficient (Wildman–Crippen LogP) is 2.13. The molecule has 0 heterocycles. The Morgan fingerprint density at radius 3 is 2.27 bits per heavy atom. The topological polar surface area (TPSA) is 46.2 Å². The summed E-state index contributed by atoms with van der Waals surface area (Å²) in [5.41, 5.74) is 6.02. The number of benzene rings is 1. The van der Waals surface area contributed by atoms with Crippen molar-refractivity contribution < 1.29 is 9.50 Å². The van der Waals surface area contributed by atoms with Crippen LogP contribution >= 0.6 is 0 Å². The second-order valence-electron chi connectivity index (χ2n) is 4.34. The van der Waals surface area contributed by atoms with Crippen molar-refractivity contribution in [3.05, 3.63) is 35.6 Å². The Hall–Kier alpha value is -0.930.